The number of halogens is 11. The molecule has 0 heterocycles. The van der Waals surface area contributed by atoms with Gasteiger partial charge in [-0.05, 0) is 58.8 Å². The maximum Gasteiger partial charge on any atom is 0.384 e. The minimum atomic E-state index is -7.76. The molecule has 0 radical (unpaired) electrons. The van der Waals surface area contributed by atoms with E-state index in [1.54, 1.807) is 0 Å². The number of ether oxygens (including phenoxy) is 1. The molecule has 0 aromatic heterocycles. The van der Waals surface area contributed by atoms with E-state index in [9.17, 15) is 52.3 Å². The van der Waals surface area contributed by atoms with Gasteiger partial charge in [0.15, 0.2) is 0 Å². The van der Waals surface area contributed by atoms with Crippen molar-refractivity contribution in [1.82, 2.24) is 0 Å². The Bertz CT molecular complexity index is 1480. The molecule has 4 rings (SSSR count). The van der Waals surface area contributed by atoms with Crippen LogP contribution in [0, 0.1) is 0 Å². The Labute approximate surface area is 232 Å². The predicted octanol–water partition coefficient (Wildman–Crippen LogP) is 8.09. The van der Waals surface area contributed by atoms with Gasteiger partial charge in [-0.1, -0.05) is 36.4 Å². The van der Waals surface area contributed by atoms with Gasteiger partial charge in [0.05, 0.1) is 7.11 Å². The van der Waals surface area contributed by atoms with Crippen LogP contribution in [0.5, 0.6) is 5.75 Å². The van der Waals surface area contributed by atoms with Crippen molar-refractivity contribution in [1.29, 1.82) is 0 Å². The summed E-state index contributed by atoms with van der Waals surface area (Å²) in [4.78, 5) is -1.11. The van der Waals surface area contributed by atoms with Crippen LogP contribution in [0.2, 0.25) is 0 Å². The highest BCUT2D eigenvalue weighted by Crippen LogP contribution is 2.75. The molecular formula is C25H17F11O4S2. The summed E-state index contributed by atoms with van der Waals surface area (Å²) in [5.41, 5.74) is 0. The van der Waals surface area contributed by atoms with Crippen molar-refractivity contribution in [3.63, 3.8) is 0 Å². The Morgan fingerprint density at radius 3 is 1.19 bits per heavy atom. The summed E-state index contributed by atoms with van der Waals surface area (Å²) >= 11 is 0. The van der Waals surface area contributed by atoms with E-state index in [2.05, 4.69) is 0 Å². The van der Waals surface area contributed by atoms with E-state index in [0.717, 1.165) is 48.5 Å². The van der Waals surface area contributed by atoms with E-state index in [1.807, 2.05) is 0 Å². The molecule has 3 aromatic carbocycles. The molecule has 1 aliphatic carbocycles. The van der Waals surface area contributed by atoms with E-state index >= 15 is 4.39 Å². The molecule has 0 aliphatic heterocycles. The van der Waals surface area contributed by atoms with E-state index in [4.69, 9.17) is 8.37 Å². The molecule has 0 bridgehead atoms. The van der Waals surface area contributed by atoms with Gasteiger partial charge in [0.2, 0.25) is 0 Å². The zero-order chi connectivity index (χ0) is 31.6. The Hall–Kier alpha value is -3.05. The fourth-order valence-electron chi connectivity index (χ4n) is 4.21. The molecular weight excluding hydrogens is 637 g/mol. The third kappa shape index (κ3) is 3.81. The molecule has 0 saturated heterocycles. The first kappa shape index (κ1) is 31.9. The van der Waals surface area contributed by atoms with Crippen molar-refractivity contribution in [2.75, 3.05) is 7.11 Å². The lowest BCUT2D eigenvalue weighted by atomic mass is 9.81. The topological polar surface area (TPSA) is 52.6 Å². The van der Waals surface area contributed by atoms with Crippen LogP contribution < -0.4 is 4.74 Å². The molecule has 1 saturated carbocycles. The number of hydrogen-bond donors (Lipinski definition) is 0. The van der Waals surface area contributed by atoms with Crippen molar-refractivity contribution in [3.8, 4) is 5.75 Å². The van der Waals surface area contributed by atoms with Gasteiger partial charge < -0.3 is 4.74 Å². The average Bonchev–Trinajstić information content (AvgIpc) is 2.95. The van der Waals surface area contributed by atoms with Crippen LogP contribution in [0.3, 0.4) is 0 Å². The third-order valence-electron chi connectivity index (χ3n) is 6.46. The second-order valence-electron chi connectivity index (χ2n) is 8.85. The van der Waals surface area contributed by atoms with Gasteiger partial charge in [-0.3, -0.25) is 0 Å². The van der Waals surface area contributed by atoms with Gasteiger partial charge in [0, 0.05) is 14.7 Å². The van der Waals surface area contributed by atoms with E-state index < -0.39 is 55.0 Å². The average molecular weight is 655 g/mol. The summed E-state index contributed by atoms with van der Waals surface area (Å²) < 4.78 is 196. The second kappa shape index (κ2) is 9.74. The van der Waals surface area contributed by atoms with Gasteiger partial charge in [-0.25, -0.2) is 8.02 Å². The lowest BCUT2D eigenvalue weighted by molar-refractivity contribution is -0.470. The second-order valence-corrected chi connectivity index (χ2v) is 13.4. The van der Waals surface area contributed by atoms with Gasteiger partial charge in [-0.2, -0.15) is 52.3 Å². The van der Waals surface area contributed by atoms with Crippen LogP contribution in [-0.2, 0) is 13.7 Å². The van der Waals surface area contributed by atoms with Crippen molar-refractivity contribution < 1.29 is 65.1 Å². The fraction of sp³-hybridized carbons (Fsp3) is 0.280. The lowest BCUT2D eigenvalue weighted by Gasteiger charge is -2.52. The molecule has 0 spiro atoms. The van der Waals surface area contributed by atoms with E-state index in [0.29, 0.717) is 0 Å². The third-order valence-corrected chi connectivity index (χ3v) is 12.0. The standard InChI is InChI=1S/C25H17F11O4S2/c1-39-16-12-14-19(15-13-16)41(17-8-4-2-5-9-17,18-10-6-3-7-11-18)40-42(37,38)25(36)23(32,33)21(28,29)20(26,27)22(30,31)24(25,34)35/h2-15H,1H3. The van der Waals surface area contributed by atoms with Crippen LogP contribution in [0.1, 0.15) is 0 Å². The zero-order valence-corrected chi connectivity index (χ0v) is 22.3. The molecule has 1 fully saturated rings. The number of hydrogen-bond acceptors (Lipinski definition) is 4. The fourth-order valence-corrected chi connectivity index (χ4v) is 9.90. The molecule has 0 unspecified atom stereocenters. The van der Waals surface area contributed by atoms with Crippen LogP contribution >= 0.6 is 10.3 Å². The Balaban J connectivity index is 2.11. The molecule has 42 heavy (non-hydrogen) atoms. The minimum absolute atomic E-state index is 0.102. The molecule has 230 valence electrons. The Morgan fingerprint density at radius 1 is 0.500 bits per heavy atom. The predicted molar refractivity (Wildman–Crippen MR) is 127 cm³/mol. The molecule has 1 aliphatic rings. The lowest BCUT2D eigenvalue weighted by Crippen LogP contribution is -2.85. The zero-order valence-electron chi connectivity index (χ0n) is 20.7. The highest BCUT2D eigenvalue weighted by Gasteiger charge is 3.04. The highest BCUT2D eigenvalue weighted by molar-refractivity contribution is 8.33. The summed E-state index contributed by atoms with van der Waals surface area (Å²) in [6, 6.07) is 16.2. The highest BCUT2D eigenvalue weighted by atomic mass is 32.3. The maximum atomic E-state index is 15.9. The molecule has 0 N–H and O–H groups in total. The quantitative estimate of drug-likeness (QED) is 0.242. The van der Waals surface area contributed by atoms with E-state index in [-0.39, 0.29) is 20.4 Å². The first-order valence-corrected chi connectivity index (χ1v) is 14.3. The normalized spacial score (nSPS) is 22.2. The molecule has 17 heteroatoms. The van der Waals surface area contributed by atoms with Crippen molar-refractivity contribution in [2.24, 2.45) is 0 Å². The number of alkyl halides is 11. The monoisotopic (exact) mass is 654 g/mol. The number of rotatable bonds is 7. The summed E-state index contributed by atoms with van der Waals surface area (Å²) in [7, 11) is -10.9. The first-order chi connectivity index (χ1) is 19.2. The van der Waals surface area contributed by atoms with Crippen LogP contribution in [-0.4, -0.2) is 50.1 Å². The minimum Gasteiger partial charge on any atom is -0.497 e. The SMILES string of the molecule is COc1ccc(S(OS(=O)(=O)C2(F)C(F)(F)C(F)(F)C(F)(F)C(F)(F)C2(F)F)(c2ccccc2)c2ccccc2)cc1. The molecule has 3 aromatic rings. The van der Waals surface area contributed by atoms with Crippen LogP contribution in [0.25, 0.3) is 0 Å². The summed E-state index contributed by atoms with van der Waals surface area (Å²) in [5, 5.41) is -7.42. The Morgan fingerprint density at radius 2 is 0.833 bits per heavy atom. The maximum absolute atomic E-state index is 15.9. The van der Waals surface area contributed by atoms with Crippen molar-refractivity contribution in [2.45, 2.75) is 49.3 Å². The van der Waals surface area contributed by atoms with Gasteiger partial charge in [0.1, 0.15) is 5.75 Å². The first-order valence-electron chi connectivity index (χ1n) is 11.3. The largest absolute Gasteiger partial charge is 0.497 e. The number of benzene rings is 3. The van der Waals surface area contributed by atoms with Crippen molar-refractivity contribution in [3.05, 3.63) is 84.9 Å². The van der Waals surface area contributed by atoms with Crippen molar-refractivity contribution >= 4 is 20.4 Å². The van der Waals surface area contributed by atoms with Crippen LogP contribution in [0.15, 0.2) is 99.6 Å². The van der Waals surface area contributed by atoms with Gasteiger partial charge >= 0.3 is 44.7 Å². The smallest absolute Gasteiger partial charge is 0.384 e. The Kier molecular flexibility index (Phi) is 7.39. The molecule has 0 amide bonds. The summed E-state index contributed by atoms with van der Waals surface area (Å²) in [6.07, 6.45) is 0. The van der Waals surface area contributed by atoms with E-state index in [1.165, 1.54) is 43.5 Å². The van der Waals surface area contributed by atoms with Gasteiger partial charge in [0.25, 0.3) is 0 Å². The summed E-state index contributed by atoms with van der Waals surface area (Å²) in [6.45, 7) is 0. The van der Waals surface area contributed by atoms with Gasteiger partial charge in [-0.15, -0.1) is 0 Å². The molecule has 4 nitrogen and oxygen atoms in total. The van der Waals surface area contributed by atoms with Crippen LogP contribution in [0.4, 0.5) is 48.3 Å². The summed E-state index contributed by atoms with van der Waals surface area (Å²) in [5.74, 6) is -38.1. The number of methoxy groups -OCH3 is 1. The molecule has 0 atom stereocenters.